The Morgan fingerprint density at radius 2 is 2.05 bits per heavy atom. The molecule has 0 atom stereocenters. The van der Waals surface area contributed by atoms with Gasteiger partial charge in [0.05, 0.1) is 0 Å². The number of rotatable bonds is 2. The first-order valence-corrected chi connectivity index (χ1v) is 7.50. The van der Waals surface area contributed by atoms with Crippen LogP contribution in [0, 0.1) is 0 Å². The van der Waals surface area contributed by atoms with E-state index in [1.807, 2.05) is 0 Å². The zero-order valence-electron chi connectivity index (χ0n) is 12.1. The highest BCUT2D eigenvalue weighted by molar-refractivity contribution is 5.93. The highest BCUT2D eigenvalue weighted by atomic mass is 16.1. The van der Waals surface area contributed by atoms with E-state index in [0.29, 0.717) is 12.3 Å². The molecule has 0 aliphatic carbocycles. The summed E-state index contributed by atoms with van der Waals surface area (Å²) in [7, 11) is 2.17. The maximum atomic E-state index is 11.4. The molecular weight excluding hydrogens is 248 g/mol. The topological polar surface area (TPSA) is 25.2 Å². The lowest BCUT2D eigenvalue weighted by molar-refractivity contribution is -0.116. The van der Waals surface area contributed by atoms with Gasteiger partial charge in [0.2, 0.25) is 0 Å². The number of anilines is 1. The van der Waals surface area contributed by atoms with Crippen LogP contribution in [0.15, 0.2) is 18.2 Å². The van der Waals surface area contributed by atoms with E-state index in [0.717, 1.165) is 5.56 Å². The van der Waals surface area contributed by atoms with Crippen LogP contribution < -0.4 is 4.90 Å². The largest absolute Gasteiger partial charge is 0.358 e. The van der Waals surface area contributed by atoms with Crippen LogP contribution in [-0.2, 0) is 18.3 Å². The summed E-state index contributed by atoms with van der Waals surface area (Å²) in [5, 5.41) is 1.37. The molecule has 2 aromatic rings. The van der Waals surface area contributed by atoms with Crippen molar-refractivity contribution in [2.24, 2.45) is 7.05 Å². The Morgan fingerprint density at radius 3 is 2.75 bits per heavy atom. The number of hydrogen-bond acceptors (Lipinski definition) is 2. The number of carbonyl (C=O) groups excluding carboxylic acids is 1. The lowest BCUT2D eigenvalue weighted by Gasteiger charge is -2.41. The summed E-state index contributed by atoms with van der Waals surface area (Å²) in [4.78, 5) is 13.9. The SMILES string of the molecule is CC(=O)Cc1ccc2c(c1)c1c(n2C)N2CCC1CC2. The van der Waals surface area contributed by atoms with Crippen LogP contribution >= 0.6 is 0 Å². The number of piperidine rings is 1. The molecule has 3 heteroatoms. The summed E-state index contributed by atoms with van der Waals surface area (Å²) in [5.74, 6) is 2.37. The monoisotopic (exact) mass is 268 g/mol. The third-order valence-corrected chi connectivity index (χ3v) is 4.93. The molecule has 1 saturated heterocycles. The maximum absolute atomic E-state index is 11.4. The molecule has 104 valence electrons. The first kappa shape index (κ1) is 12.0. The molecule has 1 aromatic carbocycles. The number of fused-ring (bicyclic) bond motifs is 3. The Kier molecular flexibility index (Phi) is 2.47. The van der Waals surface area contributed by atoms with Gasteiger partial charge in [-0.05, 0) is 43.4 Å². The van der Waals surface area contributed by atoms with Crippen molar-refractivity contribution in [3.63, 3.8) is 0 Å². The predicted octanol–water partition coefficient (Wildman–Crippen LogP) is 3.01. The molecule has 3 aliphatic rings. The Bertz CT molecular complexity index is 705. The number of benzene rings is 1. The molecule has 20 heavy (non-hydrogen) atoms. The van der Waals surface area contributed by atoms with Crippen LogP contribution in [0.2, 0.25) is 0 Å². The first-order chi connectivity index (χ1) is 9.65. The summed E-state index contributed by atoms with van der Waals surface area (Å²) >= 11 is 0. The molecule has 4 heterocycles. The summed E-state index contributed by atoms with van der Waals surface area (Å²) in [6.45, 7) is 4.06. The predicted molar refractivity (Wildman–Crippen MR) is 81.5 cm³/mol. The minimum absolute atomic E-state index is 0.236. The van der Waals surface area contributed by atoms with Crippen molar-refractivity contribution in [1.29, 1.82) is 0 Å². The Labute approximate surface area is 119 Å². The van der Waals surface area contributed by atoms with Crippen LogP contribution in [0.1, 0.15) is 36.8 Å². The van der Waals surface area contributed by atoms with Gasteiger partial charge < -0.3 is 9.47 Å². The molecule has 3 nitrogen and oxygen atoms in total. The van der Waals surface area contributed by atoms with Crippen molar-refractivity contribution >= 4 is 22.5 Å². The molecule has 0 saturated carbocycles. The minimum Gasteiger partial charge on any atom is -0.358 e. The molecule has 0 unspecified atom stereocenters. The first-order valence-electron chi connectivity index (χ1n) is 7.50. The molecule has 0 N–H and O–H groups in total. The maximum Gasteiger partial charge on any atom is 0.134 e. The van der Waals surface area contributed by atoms with E-state index in [4.69, 9.17) is 0 Å². The Hall–Kier alpha value is -1.77. The number of ketones is 1. The summed E-state index contributed by atoms with van der Waals surface area (Å²) in [6, 6.07) is 6.54. The fraction of sp³-hybridized carbons (Fsp3) is 0.471. The van der Waals surface area contributed by atoms with E-state index in [1.165, 1.54) is 48.2 Å². The van der Waals surface area contributed by atoms with Crippen molar-refractivity contribution in [2.75, 3.05) is 18.0 Å². The van der Waals surface area contributed by atoms with E-state index >= 15 is 0 Å². The molecule has 1 fully saturated rings. The molecule has 0 radical (unpaired) electrons. The normalized spacial score (nSPS) is 17.8. The van der Waals surface area contributed by atoms with Crippen LogP contribution in [0.4, 0.5) is 5.82 Å². The zero-order valence-corrected chi connectivity index (χ0v) is 12.1. The van der Waals surface area contributed by atoms with Crippen molar-refractivity contribution < 1.29 is 4.79 Å². The van der Waals surface area contributed by atoms with Crippen molar-refractivity contribution in [3.8, 4) is 0 Å². The summed E-state index contributed by atoms with van der Waals surface area (Å²) in [5.41, 5.74) is 3.99. The number of aryl methyl sites for hydroxylation is 1. The molecule has 2 bridgehead atoms. The van der Waals surface area contributed by atoms with Gasteiger partial charge >= 0.3 is 0 Å². The van der Waals surface area contributed by atoms with Gasteiger partial charge in [-0.25, -0.2) is 0 Å². The number of aromatic nitrogens is 1. The summed E-state index contributed by atoms with van der Waals surface area (Å²) in [6.07, 6.45) is 3.11. The molecule has 0 spiro atoms. The molecule has 3 aliphatic heterocycles. The van der Waals surface area contributed by atoms with Crippen LogP contribution in [-0.4, -0.2) is 23.4 Å². The van der Waals surface area contributed by atoms with E-state index in [2.05, 4.69) is 34.7 Å². The fourth-order valence-electron chi connectivity index (χ4n) is 4.07. The highest BCUT2D eigenvalue weighted by Gasteiger charge is 2.35. The number of nitrogens with zero attached hydrogens (tertiary/aromatic N) is 2. The van der Waals surface area contributed by atoms with Gasteiger partial charge in [-0.15, -0.1) is 0 Å². The zero-order chi connectivity index (χ0) is 13.9. The average molecular weight is 268 g/mol. The minimum atomic E-state index is 0.236. The molecule has 0 amide bonds. The highest BCUT2D eigenvalue weighted by Crippen LogP contribution is 2.47. The second-order valence-electron chi connectivity index (χ2n) is 6.29. The number of Topliss-reactive ketones (excluding diaryl/α,β-unsaturated/α-hetero) is 1. The second-order valence-corrected chi connectivity index (χ2v) is 6.29. The molecule has 5 rings (SSSR count). The molecule has 1 aromatic heterocycles. The Balaban J connectivity index is 1.95. The van der Waals surface area contributed by atoms with Gasteiger partial charge in [0, 0.05) is 43.0 Å². The van der Waals surface area contributed by atoms with Crippen LogP contribution in [0.3, 0.4) is 0 Å². The van der Waals surface area contributed by atoms with E-state index < -0.39 is 0 Å². The van der Waals surface area contributed by atoms with Gasteiger partial charge in [-0.3, -0.25) is 4.79 Å². The van der Waals surface area contributed by atoms with E-state index in [9.17, 15) is 4.79 Å². The smallest absolute Gasteiger partial charge is 0.134 e. The average Bonchev–Trinajstić information content (AvgIpc) is 2.75. The van der Waals surface area contributed by atoms with Gasteiger partial charge in [0.1, 0.15) is 11.6 Å². The third kappa shape index (κ3) is 1.55. The second kappa shape index (κ2) is 4.11. The van der Waals surface area contributed by atoms with Crippen molar-refractivity contribution in [2.45, 2.75) is 32.1 Å². The van der Waals surface area contributed by atoms with Gasteiger partial charge in [-0.2, -0.15) is 0 Å². The van der Waals surface area contributed by atoms with Crippen LogP contribution in [0.25, 0.3) is 10.9 Å². The van der Waals surface area contributed by atoms with E-state index in [-0.39, 0.29) is 5.78 Å². The Morgan fingerprint density at radius 1 is 1.30 bits per heavy atom. The van der Waals surface area contributed by atoms with Crippen molar-refractivity contribution in [1.82, 2.24) is 4.57 Å². The number of hydrogen-bond donors (Lipinski definition) is 0. The molecular formula is C17H20N2O. The van der Waals surface area contributed by atoms with Gasteiger partial charge in [0.25, 0.3) is 0 Å². The van der Waals surface area contributed by atoms with E-state index in [1.54, 1.807) is 6.92 Å². The quantitative estimate of drug-likeness (QED) is 0.836. The lowest BCUT2D eigenvalue weighted by atomic mass is 9.84. The number of carbonyl (C=O) groups is 1. The third-order valence-electron chi connectivity index (χ3n) is 4.93. The van der Waals surface area contributed by atoms with Gasteiger partial charge in [0.15, 0.2) is 0 Å². The van der Waals surface area contributed by atoms with Crippen molar-refractivity contribution in [3.05, 3.63) is 29.3 Å². The van der Waals surface area contributed by atoms with Crippen LogP contribution in [0.5, 0.6) is 0 Å². The standard InChI is InChI=1S/C17H20N2O/c1-11(20)9-12-3-4-15-14(10-12)16-13-5-7-19(8-6-13)17(16)18(15)2/h3-4,10,13H,5-9H2,1-2H3. The van der Waals surface area contributed by atoms with Gasteiger partial charge in [-0.1, -0.05) is 6.07 Å². The lowest BCUT2D eigenvalue weighted by Crippen LogP contribution is -2.39. The fourth-order valence-corrected chi connectivity index (χ4v) is 4.07. The summed E-state index contributed by atoms with van der Waals surface area (Å²) < 4.78 is 2.34.